The van der Waals surface area contributed by atoms with E-state index in [1.54, 1.807) is 12.1 Å². The molecular formula is C35H44N2O6. The summed E-state index contributed by atoms with van der Waals surface area (Å²) in [6.45, 7) is 6.28. The van der Waals surface area contributed by atoms with E-state index >= 15 is 0 Å². The molecular weight excluding hydrogens is 544 g/mol. The Labute approximate surface area is 253 Å². The third kappa shape index (κ3) is 7.40. The molecule has 0 unspecified atom stereocenters. The molecule has 0 aliphatic heterocycles. The highest BCUT2D eigenvalue weighted by molar-refractivity contribution is 6.01. The summed E-state index contributed by atoms with van der Waals surface area (Å²) >= 11 is 0. The minimum Gasteiger partial charge on any atom is -0.508 e. The molecule has 4 aliphatic rings. The SMILES string of the molecule is CC(C)(C)OC(=O)NCCCCNC(=O)c1cc(C=CC(=O)O)ccc1-c1ccc(O)c(C23CC4CC(CC(C4)C2)C3)c1. The van der Waals surface area contributed by atoms with Gasteiger partial charge in [-0.15, -0.1) is 0 Å². The smallest absolute Gasteiger partial charge is 0.407 e. The lowest BCUT2D eigenvalue weighted by atomic mass is 9.48. The second-order valence-electron chi connectivity index (χ2n) is 13.8. The maximum atomic E-state index is 13.5. The van der Waals surface area contributed by atoms with Gasteiger partial charge in [-0.05, 0) is 136 Å². The molecule has 2 aromatic carbocycles. The van der Waals surface area contributed by atoms with Gasteiger partial charge >= 0.3 is 12.1 Å². The molecule has 8 heteroatoms. The molecule has 6 rings (SSSR count). The van der Waals surface area contributed by atoms with Gasteiger partial charge in [0.2, 0.25) is 0 Å². The third-order valence-electron chi connectivity index (χ3n) is 9.18. The highest BCUT2D eigenvalue weighted by Gasteiger charge is 2.52. The van der Waals surface area contributed by atoms with Crippen LogP contribution in [0.2, 0.25) is 0 Å². The predicted molar refractivity (Wildman–Crippen MR) is 166 cm³/mol. The molecule has 0 spiro atoms. The third-order valence-corrected chi connectivity index (χ3v) is 9.18. The Morgan fingerprint density at radius 3 is 2.16 bits per heavy atom. The topological polar surface area (TPSA) is 125 Å². The minimum absolute atomic E-state index is 0.00519. The van der Waals surface area contributed by atoms with E-state index in [0.29, 0.717) is 42.8 Å². The van der Waals surface area contributed by atoms with E-state index in [1.807, 2.05) is 39.0 Å². The second-order valence-corrected chi connectivity index (χ2v) is 13.8. The summed E-state index contributed by atoms with van der Waals surface area (Å²) < 4.78 is 5.25. The maximum absolute atomic E-state index is 13.5. The molecule has 4 N–H and O–H groups in total. The van der Waals surface area contributed by atoms with Gasteiger partial charge in [-0.3, -0.25) is 4.79 Å². The number of aliphatic carboxylic acids is 1. The van der Waals surface area contributed by atoms with Crippen LogP contribution in [0.15, 0.2) is 42.5 Å². The van der Waals surface area contributed by atoms with Gasteiger partial charge in [-0.2, -0.15) is 0 Å². The molecule has 4 bridgehead atoms. The number of benzene rings is 2. The normalized spacial score (nSPS) is 24.2. The number of unbranched alkanes of at least 4 members (excludes halogenated alkanes) is 1. The first kappa shape index (κ1) is 30.6. The van der Waals surface area contributed by atoms with Crippen molar-refractivity contribution in [2.75, 3.05) is 13.1 Å². The molecule has 4 fully saturated rings. The first-order valence-electron chi connectivity index (χ1n) is 15.5. The first-order chi connectivity index (χ1) is 20.4. The van der Waals surface area contributed by atoms with Gasteiger partial charge in [-0.1, -0.05) is 18.2 Å². The standard InChI is InChI=1S/C35H44N2O6/c1-34(2,3)43-33(42)37-13-5-4-12-36-32(41)28-17-22(7-11-31(39)40)6-9-27(28)26-8-10-30(38)29(18-26)35-19-23-14-24(20-35)16-25(15-23)21-35/h6-11,17-18,23-25,38H,4-5,12-16,19-21H2,1-3H3,(H,36,41)(H,37,42)(H,39,40). The molecule has 230 valence electrons. The number of carbonyl (C=O) groups is 3. The second kappa shape index (κ2) is 12.4. The van der Waals surface area contributed by atoms with Gasteiger partial charge in [0.15, 0.2) is 0 Å². The van der Waals surface area contributed by atoms with Crippen LogP contribution in [-0.2, 0) is 14.9 Å². The number of rotatable bonds is 10. The van der Waals surface area contributed by atoms with Crippen LogP contribution in [0.3, 0.4) is 0 Å². The van der Waals surface area contributed by atoms with Crippen molar-refractivity contribution in [2.24, 2.45) is 17.8 Å². The molecule has 2 amide bonds. The maximum Gasteiger partial charge on any atom is 0.407 e. The molecule has 0 heterocycles. The molecule has 8 nitrogen and oxygen atoms in total. The zero-order valence-electron chi connectivity index (χ0n) is 25.4. The average molecular weight is 589 g/mol. The van der Waals surface area contributed by atoms with Crippen molar-refractivity contribution >= 4 is 24.0 Å². The predicted octanol–water partition coefficient (Wildman–Crippen LogP) is 6.66. The zero-order valence-corrected chi connectivity index (χ0v) is 25.4. The van der Waals surface area contributed by atoms with E-state index in [1.165, 1.54) is 25.3 Å². The molecule has 43 heavy (non-hydrogen) atoms. The van der Waals surface area contributed by atoms with Crippen LogP contribution >= 0.6 is 0 Å². The van der Waals surface area contributed by atoms with E-state index in [2.05, 4.69) is 16.7 Å². The van der Waals surface area contributed by atoms with E-state index in [4.69, 9.17) is 9.84 Å². The first-order valence-corrected chi connectivity index (χ1v) is 15.5. The number of amides is 2. The lowest BCUT2D eigenvalue weighted by molar-refractivity contribution is -0.131. The number of ether oxygens (including phenoxy) is 1. The Morgan fingerprint density at radius 1 is 0.930 bits per heavy atom. The lowest BCUT2D eigenvalue weighted by Gasteiger charge is -2.57. The molecule has 4 aliphatic carbocycles. The summed E-state index contributed by atoms with van der Waals surface area (Å²) in [5.74, 6) is 1.21. The number of carbonyl (C=O) groups excluding carboxylic acids is 2. The Bertz CT molecular complexity index is 1370. The fourth-order valence-electron chi connectivity index (χ4n) is 7.89. The number of aromatic hydroxyl groups is 1. The summed E-state index contributed by atoms with van der Waals surface area (Å²) in [6.07, 6.45) is 10.7. The summed E-state index contributed by atoms with van der Waals surface area (Å²) in [4.78, 5) is 36.5. The summed E-state index contributed by atoms with van der Waals surface area (Å²) in [5.41, 5.74) is 3.10. The lowest BCUT2D eigenvalue weighted by Crippen LogP contribution is -2.48. The fourth-order valence-corrected chi connectivity index (χ4v) is 7.89. The Balaban J connectivity index is 1.33. The summed E-state index contributed by atoms with van der Waals surface area (Å²) in [6, 6.07) is 11.1. The van der Waals surface area contributed by atoms with Crippen LogP contribution in [-0.4, -0.2) is 46.9 Å². The molecule has 4 saturated carbocycles. The van der Waals surface area contributed by atoms with Crippen LogP contribution in [0.4, 0.5) is 4.79 Å². The van der Waals surface area contributed by atoms with Gasteiger partial charge < -0.3 is 25.6 Å². The van der Waals surface area contributed by atoms with Crippen molar-refractivity contribution in [1.29, 1.82) is 0 Å². The van der Waals surface area contributed by atoms with Crippen LogP contribution in [0.5, 0.6) is 5.75 Å². The highest BCUT2D eigenvalue weighted by atomic mass is 16.6. The number of phenolic OH excluding ortho intramolecular Hbond substituents is 1. The molecule has 0 radical (unpaired) electrons. The number of hydrogen-bond acceptors (Lipinski definition) is 5. The van der Waals surface area contributed by atoms with Gasteiger partial charge in [0.1, 0.15) is 11.4 Å². The molecule has 0 atom stereocenters. The largest absolute Gasteiger partial charge is 0.508 e. The number of hydrogen-bond donors (Lipinski definition) is 4. The van der Waals surface area contributed by atoms with Crippen molar-refractivity contribution in [3.63, 3.8) is 0 Å². The van der Waals surface area contributed by atoms with Crippen LogP contribution < -0.4 is 10.6 Å². The fraction of sp³-hybridized carbons (Fsp3) is 0.514. The molecule has 0 aromatic heterocycles. The minimum atomic E-state index is -1.06. The van der Waals surface area contributed by atoms with E-state index in [0.717, 1.165) is 59.8 Å². The van der Waals surface area contributed by atoms with Gasteiger partial charge in [0.05, 0.1) is 0 Å². The summed E-state index contributed by atoms with van der Waals surface area (Å²) in [7, 11) is 0. The monoisotopic (exact) mass is 588 g/mol. The van der Waals surface area contributed by atoms with Crippen molar-refractivity contribution < 1.29 is 29.3 Å². The van der Waals surface area contributed by atoms with Crippen LogP contribution in [0.25, 0.3) is 17.2 Å². The van der Waals surface area contributed by atoms with Crippen molar-refractivity contribution in [1.82, 2.24) is 10.6 Å². The van der Waals surface area contributed by atoms with E-state index in [9.17, 15) is 19.5 Å². The van der Waals surface area contributed by atoms with Crippen molar-refractivity contribution in [3.05, 3.63) is 59.2 Å². The average Bonchev–Trinajstić information content (AvgIpc) is 2.92. The van der Waals surface area contributed by atoms with E-state index < -0.39 is 17.7 Å². The Kier molecular flexibility index (Phi) is 8.86. The number of carboxylic acid groups (broad SMARTS) is 1. The zero-order chi connectivity index (χ0) is 30.8. The van der Waals surface area contributed by atoms with Gasteiger partial charge in [0, 0.05) is 30.3 Å². The van der Waals surface area contributed by atoms with Crippen molar-refractivity contribution in [3.8, 4) is 16.9 Å². The van der Waals surface area contributed by atoms with Gasteiger partial charge in [0.25, 0.3) is 5.91 Å². The van der Waals surface area contributed by atoms with Crippen LogP contribution in [0, 0.1) is 17.8 Å². The van der Waals surface area contributed by atoms with E-state index in [-0.39, 0.29) is 11.3 Å². The molecule has 0 saturated heterocycles. The number of nitrogens with one attached hydrogen (secondary N) is 2. The number of phenols is 1. The van der Waals surface area contributed by atoms with Crippen LogP contribution in [0.1, 0.15) is 93.6 Å². The number of alkyl carbamates (subject to hydrolysis) is 1. The summed E-state index contributed by atoms with van der Waals surface area (Å²) in [5, 5.41) is 25.9. The molecule has 2 aromatic rings. The quantitative estimate of drug-likeness (QED) is 0.182. The number of carboxylic acids is 1. The highest BCUT2D eigenvalue weighted by Crippen LogP contribution is 2.62. The Hall–Kier alpha value is -3.81. The van der Waals surface area contributed by atoms with Crippen molar-refractivity contribution in [2.45, 2.75) is 83.2 Å². The Morgan fingerprint density at radius 2 is 1.56 bits per heavy atom. The van der Waals surface area contributed by atoms with Gasteiger partial charge in [-0.25, -0.2) is 9.59 Å².